The summed E-state index contributed by atoms with van der Waals surface area (Å²) in [4.78, 5) is 38.9. The Labute approximate surface area is 132 Å². The molecule has 0 aliphatic rings. The van der Waals surface area contributed by atoms with Gasteiger partial charge in [0.05, 0.1) is 12.7 Å². The van der Waals surface area contributed by atoms with Gasteiger partial charge in [0.15, 0.2) is 0 Å². The van der Waals surface area contributed by atoms with E-state index in [1.807, 2.05) is 0 Å². The van der Waals surface area contributed by atoms with Crippen LogP contribution in [0.15, 0.2) is 12.2 Å². The third-order valence-corrected chi connectivity index (χ3v) is 1.66. The van der Waals surface area contributed by atoms with Crippen molar-refractivity contribution in [2.75, 3.05) is 6.61 Å². The van der Waals surface area contributed by atoms with Crippen LogP contribution < -0.4 is 0 Å². The molecule has 0 aliphatic carbocycles. The van der Waals surface area contributed by atoms with Crippen LogP contribution in [0.4, 0.5) is 0 Å². The molecule has 0 saturated carbocycles. The van der Waals surface area contributed by atoms with Crippen molar-refractivity contribution in [3.63, 3.8) is 0 Å². The molecule has 1 atom stereocenters. The van der Waals surface area contributed by atoms with Gasteiger partial charge in [-0.25, -0.2) is 9.59 Å². The van der Waals surface area contributed by atoms with Crippen LogP contribution in [0, 0.1) is 0 Å². The van der Waals surface area contributed by atoms with Gasteiger partial charge in [0, 0.05) is 25.0 Å². The molecule has 0 saturated heterocycles. The number of unbranched alkanes of at least 4 members (excludes halogenated alkanes) is 1. The highest BCUT2D eigenvalue weighted by Crippen LogP contribution is 1.98. The molecule has 0 aromatic rings. The van der Waals surface area contributed by atoms with Crippen LogP contribution in [-0.2, 0) is 19.2 Å². The molecule has 0 aromatic carbocycles. The zero-order chi connectivity index (χ0) is 18.8. The van der Waals surface area contributed by atoms with Crippen LogP contribution >= 0.6 is 0 Å². The standard InChI is InChI=1S/C6H10O4.C4H4O4.C3H8O2/c7-5(8)3-1-2-4-6(9)10;5-3(6)1-2-4(7)8;1-3(5)2-4/h1-4H2,(H,7,8)(H,9,10);1-2H,(H,5,6)(H,7,8);3-5H,2H2,1H3/b;2-1+;. The highest BCUT2D eigenvalue weighted by molar-refractivity contribution is 5.89. The number of rotatable bonds is 8. The zero-order valence-corrected chi connectivity index (χ0v) is 12.6. The van der Waals surface area contributed by atoms with Crippen LogP contribution in [0.3, 0.4) is 0 Å². The lowest BCUT2D eigenvalue weighted by molar-refractivity contribution is -0.139. The van der Waals surface area contributed by atoms with Crippen LogP contribution in [0.5, 0.6) is 0 Å². The Bertz CT molecular complexity index is 354. The smallest absolute Gasteiger partial charge is 0.328 e. The Morgan fingerprint density at radius 2 is 1.09 bits per heavy atom. The van der Waals surface area contributed by atoms with Crippen molar-refractivity contribution in [1.29, 1.82) is 0 Å². The normalized spacial score (nSPS) is 10.6. The number of carbonyl (C=O) groups is 4. The lowest BCUT2D eigenvalue weighted by atomic mass is 10.2. The van der Waals surface area contributed by atoms with Gasteiger partial charge in [-0.1, -0.05) is 0 Å². The molecular weight excluding hydrogens is 316 g/mol. The molecule has 0 bridgehead atoms. The Morgan fingerprint density at radius 1 is 0.826 bits per heavy atom. The molecule has 0 heterocycles. The first-order valence-corrected chi connectivity index (χ1v) is 6.39. The Hall–Kier alpha value is -2.46. The molecule has 0 radical (unpaired) electrons. The number of hydrogen-bond acceptors (Lipinski definition) is 6. The minimum atomic E-state index is -1.26. The fourth-order valence-corrected chi connectivity index (χ4v) is 0.695. The molecular formula is C13H22O10. The summed E-state index contributed by atoms with van der Waals surface area (Å²) in [6.45, 7) is 1.39. The first-order valence-electron chi connectivity index (χ1n) is 6.39. The molecule has 0 spiro atoms. The van der Waals surface area contributed by atoms with Crippen LogP contribution in [0.25, 0.3) is 0 Å². The van der Waals surface area contributed by atoms with E-state index in [4.69, 9.17) is 30.6 Å². The number of carboxylic acid groups (broad SMARTS) is 4. The van der Waals surface area contributed by atoms with Crippen molar-refractivity contribution in [1.82, 2.24) is 0 Å². The van der Waals surface area contributed by atoms with E-state index in [9.17, 15) is 19.2 Å². The summed E-state index contributed by atoms with van der Waals surface area (Å²) < 4.78 is 0. The van der Waals surface area contributed by atoms with E-state index in [-0.39, 0.29) is 19.4 Å². The number of hydrogen-bond donors (Lipinski definition) is 6. The Balaban J connectivity index is -0.000000276. The second-order valence-electron chi connectivity index (χ2n) is 4.04. The molecule has 0 aliphatic heterocycles. The molecule has 1 unspecified atom stereocenters. The molecule has 0 rings (SSSR count). The molecule has 0 fully saturated rings. The van der Waals surface area contributed by atoms with Gasteiger partial charge in [0.25, 0.3) is 0 Å². The highest BCUT2D eigenvalue weighted by Gasteiger charge is 1.99. The maximum absolute atomic E-state index is 9.90. The fraction of sp³-hybridized carbons (Fsp3) is 0.538. The predicted molar refractivity (Wildman–Crippen MR) is 76.9 cm³/mol. The minimum absolute atomic E-state index is 0.0628. The average Bonchev–Trinajstić information content (AvgIpc) is 2.42. The number of carboxylic acids is 4. The first kappa shape index (κ1) is 25.5. The van der Waals surface area contributed by atoms with Crippen LogP contribution in [0.1, 0.15) is 32.6 Å². The topological polar surface area (TPSA) is 190 Å². The lowest BCUT2D eigenvalue weighted by Gasteiger charge is -1.92. The lowest BCUT2D eigenvalue weighted by Crippen LogP contribution is -2.03. The van der Waals surface area contributed by atoms with Crippen molar-refractivity contribution >= 4 is 23.9 Å². The first-order chi connectivity index (χ1) is 10.5. The Morgan fingerprint density at radius 3 is 1.22 bits per heavy atom. The minimum Gasteiger partial charge on any atom is -0.481 e. The maximum Gasteiger partial charge on any atom is 0.328 e. The number of aliphatic hydroxyl groups is 2. The van der Waals surface area contributed by atoms with Gasteiger partial charge >= 0.3 is 23.9 Å². The van der Waals surface area contributed by atoms with E-state index in [1.165, 1.54) is 6.92 Å². The maximum atomic E-state index is 9.90. The summed E-state index contributed by atoms with van der Waals surface area (Å²) in [5.74, 6) is -4.25. The summed E-state index contributed by atoms with van der Waals surface area (Å²) >= 11 is 0. The predicted octanol–water partition coefficient (Wildman–Crippen LogP) is -0.213. The third kappa shape index (κ3) is 45.1. The van der Waals surface area contributed by atoms with E-state index in [0.29, 0.717) is 25.0 Å². The van der Waals surface area contributed by atoms with E-state index < -0.39 is 30.0 Å². The SMILES string of the molecule is CC(O)CO.O=C(O)/C=C/C(=O)O.O=C(O)CCCCC(=O)O. The van der Waals surface area contributed by atoms with Gasteiger partial charge in [-0.3, -0.25) is 9.59 Å². The van der Waals surface area contributed by atoms with Crippen molar-refractivity contribution in [2.45, 2.75) is 38.7 Å². The van der Waals surface area contributed by atoms with E-state index in [0.717, 1.165) is 0 Å². The van der Waals surface area contributed by atoms with Crippen molar-refractivity contribution < 1.29 is 49.8 Å². The third-order valence-electron chi connectivity index (χ3n) is 1.66. The van der Waals surface area contributed by atoms with Gasteiger partial charge in [-0.15, -0.1) is 0 Å². The van der Waals surface area contributed by atoms with E-state index in [2.05, 4.69) is 0 Å². The van der Waals surface area contributed by atoms with Gasteiger partial charge < -0.3 is 30.6 Å². The van der Waals surface area contributed by atoms with Gasteiger partial charge in [-0.05, 0) is 19.8 Å². The summed E-state index contributed by atoms with van der Waals surface area (Å²) in [6, 6.07) is 0. The van der Waals surface area contributed by atoms with Gasteiger partial charge in [0.1, 0.15) is 0 Å². The number of aliphatic carboxylic acids is 4. The molecule has 23 heavy (non-hydrogen) atoms. The second-order valence-corrected chi connectivity index (χ2v) is 4.04. The molecule has 0 amide bonds. The van der Waals surface area contributed by atoms with Crippen molar-refractivity contribution in [3.05, 3.63) is 12.2 Å². The molecule has 10 nitrogen and oxygen atoms in total. The largest absolute Gasteiger partial charge is 0.481 e. The quantitative estimate of drug-likeness (QED) is 0.255. The van der Waals surface area contributed by atoms with E-state index >= 15 is 0 Å². The molecule has 6 N–H and O–H groups in total. The van der Waals surface area contributed by atoms with Gasteiger partial charge in [-0.2, -0.15) is 0 Å². The van der Waals surface area contributed by atoms with Crippen molar-refractivity contribution in [2.24, 2.45) is 0 Å². The highest BCUT2D eigenvalue weighted by atomic mass is 16.4. The molecule has 10 heteroatoms. The summed E-state index contributed by atoms with van der Waals surface area (Å²) in [6.07, 6.45) is 1.57. The van der Waals surface area contributed by atoms with Crippen molar-refractivity contribution in [3.8, 4) is 0 Å². The summed E-state index contributed by atoms with van der Waals surface area (Å²) in [7, 11) is 0. The fourth-order valence-electron chi connectivity index (χ4n) is 0.695. The van der Waals surface area contributed by atoms with Gasteiger partial charge in [0.2, 0.25) is 0 Å². The summed E-state index contributed by atoms with van der Waals surface area (Å²) in [5, 5.41) is 47.9. The second kappa shape index (κ2) is 17.6. The Kier molecular flexibility index (Phi) is 19.5. The summed E-state index contributed by atoms with van der Waals surface area (Å²) in [5.41, 5.74) is 0. The zero-order valence-electron chi connectivity index (χ0n) is 12.6. The molecule has 0 aromatic heterocycles. The monoisotopic (exact) mass is 338 g/mol. The molecule has 134 valence electrons. The van der Waals surface area contributed by atoms with Crippen LogP contribution in [0.2, 0.25) is 0 Å². The van der Waals surface area contributed by atoms with E-state index in [1.54, 1.807) is 0 Å². The number of aliphatic hydroxyl groups excluding tert-OH is 2. The van der Waals surface area contributed by atoms with Crippen LogP contribution in [-0.4, -0.2) is 67.2 Å². The average molecular weight is 338 g/mol.